The van der Waals surface area contributed by atoms with Crippen LogP contribution in [-0.2, 0) is 4.79 Å². The summed E-state index contributed by atoms with van der Waals surface area (Å²) >= 11 is 0. The number of phenols is 1. The molecule has 0 saturated heterocycles. The molecule has 1 aliphatic rings. The van der Waals surface area contributed by atoms with Crippen LogP contribution in [0.3, 0.4) is 0 Å². The number of aromatic nitrogens is 1. The highest BCUT2D eigenvalue weighted by molar-refractivity contribution is 5.87. The number of carbonyl (C=O) groups is 1. The van der Waals surface area contributed by atoms with Crippen LogP contribution in [0.4, 0.5) is 5.82 Å². The summed E-state index contributed by atoms with van der Waals surface area (Å²) in [5.74, 6) is 0.817. The van der Waals surface area contributed by atoms with E-state index in [-0.39, 0.29) is 11.7 Å². The molecule has 1 heterocycles. The molecule has 1 fully saturated rings. The molecule has 0 radical (unpaired) electrons. The van der Waals surface area contributed by atoms with E-state index in [0.29, 0.717) is 23.1 Å². The number of nitrogens with zero attached hydrogens (tertiary/aromatic N) is 1. The molecule has 1 saturated carbocycles. The average Bonchev–Trinajstić information content (AvgIpc) is 3.39. The number of para-hydroxylation sites is 1. The fourth-order valence-corrected chi connectivity index (χ4v) is 3.53. The van der Waals surface area contributed by atoms with Gasteiger partial charge in [0.25, 0.3) is 0 Å². The molecule has 0 spiro atoms. The maximum atomic E-state index is 11.5. The van der Waals surface area contributed by atoms with Crippen molar-refractivity contribution in [1.82, 2.24) is 9.88 Å². The Bertz CT molecular complexity index is 835. The molecule has 1 aromatic heterocycles. The van der Waals surface area contributed by atoms with Crippen LogP contribution in [0.15, 0.2) is 49.2 Å². The van der Waals surface area contributed by atoms with Crippen molar-refractivity contribution in [2.45, 2.75) is 45.1 Å². The van der Waals surface area contributed by atoms with Gasteiger partial charge in [-0.15, -0.1) is 0 Å². The van der Waals surface area contributed by atoms with Gasteiger partial charge in [0, 0.05) is 35.6 Å². The van der Waals surface area contributed by atoms with Gasteiger partial charge in [-0.1, -0.05) is 38.5 Å². The van der Waals surface area contributed by atoms with Gasteiger partial charge >= 0.3 is 0 Å². The van der Waals surface area contributed by atoms with Crippen LogP contribution in [0.5, 0.6) is 5.75 Å². The molecular weight excluding hydrogens is 364 g/mol. The molecule has 1 aromatic carbocycles. The van der Waals surface area contributed by atoms with Crippen molar-refractivity contribution >= 4 is 23.5 Å². The second kappa shape index (κ2) is 11.0. The number of nitrogens with two attached hydrogens (primary N) is 2. The number of H-pyrrole nitrogens is 1. The summed E-state index contributed by atoms with van der Waals surface area (Å²) in [7, 11) is 0. The van der Waals surface area contributed by atoms with Gasteiger partial charge < -0.3 is 26.5 Å². The molecule has 6 nitrogen and oxygen atoms in total. The van der Waals surface area contributed by atoms with E-state index >= 15 is 0 Å². The van der Waals surface area contributed by atoms with E-state index < -0.39 is 0 Å². The number of aromatic amines is 1. The Hall–Kier alpha value is -3.15. The summed E-state index contributed by atoms with van der Waals surface area (Å²) in [5.41, 5.74) is 13.5. The predicted octanol–water partition coefficient (Wildman–Crippen LogP) is 4.11. The lowest BCUT2D eigenvalue weighted by molar-refractivity contribution is -0.128. The van der Waals surface area contributed by atoms with Crippen molar-refractivity contribution in [2.75, 3.05) is 12.3 Å². The molecule has 0 bridgehead atoms. The van der Waals surface area contributed by atoms with E-state index in [0.717, 1.165) is 18.5 Å². The number of carbonyl (C=O) groups excluding carboxylic acids is 1. The summed E-state index contributed by atoms with van der Waals surface area (Å²) in [6, 6.07) is 9.22. The first-order valence-corrected chi connectivity index (χ1v) is 10.1. The number of rotatable bonds is 6. The number of anilines is 1. The number of amides is 1. The number of nitrogen functional groups attached to an aromatic ring is 1. The molecule has 156 valence electrons. The Labute approximate surface area is 172 Å². The van der Waals surface area contributed by atoms with Gasteiger partial charge in [-0.25, -0.2) is 0 Å². The van der Waals surface area contributed by atoms with Crippen LogP contribution in [0.2, 0.25) is 0 Å². The predicted molar refractivity (Wildman–Crippen MR) is 120 cm³/mol. The van der Waals surface area contributed by atoms with Gasteiger partial charge in [0.1, 0.15) is 11.6 Å². The summed E-state index contributed by atoms with van der Waals surface area (Å²) < 4.78 is 0. The van der Waals surface area contributed by atoms with E-state index in [2.05, 4.69) is 18.5 Å². The third-order valence-electron chi connectivity index (χ3n) is 5.03. The first-order valence-electron chi connectivity index (χ1n) is 10.1. The zero-order valence-corrected chi connectivity index (χ0v) is 17.1. The highest BCUT2D eigenvalue weighted by atomic mass is 16.3. The summed E-state index contributed by atoms with van der Waals surface area (Å²) in [6.45, 7) is 6.54. The van der Waals surface area contributed by atoms with Crippen molar-refractivity contribution in [3.05, 3.63) is 60.3 Å². The molecule has 0 atom stereocenters. The molecule has 6 N–H and O–H groups in total. The lowest BCUT2D eigenvalue weighted by Crippen LogP contribution is -2.38. The fraction of sp³-hybridized carbons (Fsp3) is 0.348. The third-order valence-corrected chi connectivity index (χ3v) is 5.03. The minimum absolute atomic E-state index is 0.105. The number of hydrogen-bond donors (Lipinski definition) is 4. The summed E-state index contributed by atoms with van der Waals surface area (Å²) in [5, 5.41) is 9.62. The van der Waals surface area contributed by atoms with Gasteiger partial charge in [-0.3, -0.25) is 4.79 Å². The van der Waals surface area contributed by atoms with Gasteiger partial charge in [0.15, 0.2) is 0 Å². The Morgan fingerprint density at radius 3 is 2.55 bits per heavy atom. The lowest BCUT2D eigenvalue weighted by atomic mass is 10.1. The fourth-order valence-electron chi connectivity index (χ4n) is 3.53. The molecule has 29 heavy (non-hydrogen) atoms. The molecule has 2 aromatic rings. The Balaban J connectivity index is 0.000000212. The van der Waals surface area contributed by atoms with E-state index in [1.54, 1.807) is 30.5 Å². The number of benzene rings is 1. The van der Waals surface area contributed by atoms with Crippen LogP contribution in [0, 0.1) is 0 Å². The highest BCUT2D eigenvalue weighted by Crippen LogP contribution is 2.24. The quantitative estimate of drug-likeness (QED) is 0.551. The van der Waals surface area contributed by atoms with Gasteiger partial charge in [-0.2, -0.15) is 0 Å². The molecule has 0 aliphatic heterocycles. The smallest absolute Gasteiger partial charge is 0.246 e. The van der Waals surface area contributed by atoms with Crippen LogP contribution >= 0.6 is 0 Å². The minimum Gasteiger partial charge on any atom is -0.507 e. The maximum absolute atomic E-state index is 11.5. The third kappa shape index (κ3) is 6.17. The normalized spacial score (nSPS) is 14.2. The van der Waals surface area contributed by atoms with Crippen molar-refractivity contribution in [3.63, 3.8) is 0 Å². The average molecular weight is 397 g/mol. The zero-order valence-electron chi connectivity index (χ0n) is 17.1. The minimum atomic E-state index is 0.105. The van der Waals surface area contributed by atoms with Crippen molar-refractivity contribution < 1.29 is 9.90 Å². The van der Waals surface area contributed by atoms with Crippen molar-refractivity contribution in [3.8, 4) is 5.75 Å². The van der Waals surface area contributed by atoms with Gasteiger partial charge in [-0.05, 0) is 49.6 Å². The second-order valence-electron chi connectivity index (χ2n) is 7.14. The lowest BCUT2D eigenvalue weighted by Gasteiger charge is -2.27. The van der Waals surface area contributed by atoms with Crippen LogP contribution in [0.25, 0.3) is 11.8 Å². The van der Waals surface area contributed by atoms with E-state index in [4.69, 9.17) is 11.5 Å². The Morgan fingerprint density at radius 1 is 1.31 bits per heavy atom. The van der Waals surface area contributed by atoms with Gasteiger partial charge in [0.05, 0.1) is 0 Å². The monoisotopic (exact) mass is 396 g/mol. The maximum Gasteiger partial charge on any atom is 0.246 e. The topological polar surface area (TPSA) is 108 Å². The molecule has 1 amide bonds. The largest absolute Gasteiger partial charge is 0.507 e. The first kappa shape index (κ1) is 22.1. The number of phenolic OH excluding ortho intramolecular Hbond substituents is 1. The van der Waals surface area contributed by atoms with Crippen LogP contribution in [0.1, 0.15) is 50.2 Å². The molecule has 6 heteroatoms. The summed E-state index contributed by atoms with van der Waals surface area (Å²) in [4.78, 5) is 16.3. The molecule has 3 rings (SSSR count). The standard InChI is InChI=1S/C12H13N3O.C11H19NO/c13-10(7-8-5-6-15-12(8)14)9-3-1-2-4-11(9)16;1-3-9-12(11(13)4-2)10-7-5-6-8-10/h1-7,15-16H,13-14H2;4,10H,2-3,5-9H2,1H3/b10-7-;. The highest BCUT2D eigenvalue weighted by Gasteiger charge is 2.24. The van der Waals surface area contributed by atoms with Crippen molar-refractivity contribution in [1.29, 1.82) is 0 Å². The van der Waals surface area contributed by atoms with Crippen molar-refractivity contribution in [2.24, 2.45) is 5.73 Å². The zero-order chi connectivity index (χ0) is 21.2. The Kier molecular flexibility index (Phi) is 8.40. The SMILES string of the molecule is C=CC(=O)N(CCC)C1CCCC1.N/C(=C\c1cc[nH]c1N)c1ccccc1O. The molecular formula is C23H32N4O2. The number of aromatic hydroxyl groups is 1. The van der Waals surface area contributed by atoms with Crippen LogP contribution < -0.4 is 11.5 Å². The Morgan fingerprint density at radius 2 is 2.00 bits per heavy atom. The van der Waals surface area contributed by atoms with E-state index in [1.807, 2.05) is 17.0 Å². The van der Waals surface area contributed by atoms with E-state index in [1.165, 1.54) is 31.8 Å². The number of hydrogen-bond acceptors (Lipinski definition) is 4. The molecule has 1 aliphatic carbocycles. The second-order valence-corrected chi connectivity index (χ2v) is 7.14. The van der Waals surface area contributed by atoms with Gasteiger partial charge in [0.2, 0.25) is 5.91 Å². The van der Waals surface area contributed by atoms with Crippen LogP contribution in [-0.4, -0.2) is 33.5 Å². The summed E-state index contributed by atoms with van der Waals surface area (Å²) in [6.07, 6.45) is 10.8. The first-order chi connectivity index (χ1) is 14.0. The van der Waals surface area contributed by atoms with E-state index in [9.17, 15) is 9.90 Å². The molecule has 0 unspecified atom stereocenters. The number of nitrogens with one attached hydrogen (secondary N) is 1.